The number of halogens is 3. The minimum Gasteiger partial charge on any atom is -0.338 e. The third-order valence-corrected chi connectivity index (χ3v) is 5.93. The number of hydrogen-bond acceptors (Lipinski definition) is 3. The number of sulfone groups is 1. The summed E-state index contributed by atoms with van der Waals surface area (Å²) in [5.74, 6) is -0.667. The Morgan fingerprint density at radius 2 is 1.54 bits per heavy atom. The highest BCUT2D eigenvalue weighted by Crippen LogP contribution is 2.31. The van der Waals surface area contributed by atoms with Gasteiger partial charge in [0, 0.05) is 19.2 Å². The minimum absolute atomic E-state index is 0.107. The summed E-state index contributed by atoms with van der Waals surface area (Å²) < 4.78 is 60.9. The molecule has 3 rings (SSSR count). The Hall–Kier alpha value is -2.61. The molecule has 0 saturated carbocycles. The highest BCUT2D eigenvalue weighted by atomic mass is 32.2. The van der Waals surface area contributed by atoms with Crippen LogP contribution in [0.25, 0.3) is 11.1 Å². The second-order valence-electron chi connectivity index (χ2n) is 6.72. The number of hydrogen-bond donors (Lipinski definition) is 0. The molecule has 0 fully saturated rings. The van der Waals surface area contributed by atoms with E-state index in [0.717, 1.165) is 23.3 Å². The van der Waals surface area contributed by atoms with E-state index >= 15 is 0 Å². The molecular formula is C20H18F3NO3S. The Morgan fingerprint density at radius 1 is 1.00 bits per heavy atom. The van der Waals surface area contributed by atoms with Crippen LogP contribution in [0.5, 0.6) is 0 Å². The van der Waals surface area contributed by atoms with Crippen LogP contribution in [0.4, 0.5) is 13.2 Å². The van der Waals surface area contributed by atoms with Crippen molar-refractivity contribution in [2.75, 3.05) is 18.6 Å². The van der Waals surface area contributed by atoms with Gasteiger partial charge in [0.25, 0.3) is 5.91 Å². The second kappa shape index (κ2) is 7.43. The van der Waals surface area contributed by atoms with Gasteiger partial charge in [-0.25, -0.2) is 8.42 Å². The molecule has 28 heavy (non-hydrogen) atoms. The van der Waals surface area contributed by atoms with E-state index in [2.05, 4.69) is 0 Å². The maximum atomic E-state index is 12.6. The van der Waals surface area contributed by atoms with Crippen LogP contribution in [-0.2, 0) is 27.4 Å². The van der Waals surface area contributed by atoms with E-state index in [4.69, 9.17) is 0 Å². The number of amides is 1. The van der Waals surface area contributed by atoms with Crippen LogP contribution >= 0.6 is 0 Å². The van der Waals surface area contributed by atoms with Crippen LogP contribution in [0.1, 0.15) is 11.1 Å². The fourth-order valence-electron chi connectivity index (χ4n) is 2.98. The molecule has 1 aliphatic rings. The summed E-state index contributed by atoms with van der Waals surface area (Å²) in [6.07, 6.45) is -2.92. The van der Waals surface area contributed by atoms with E-state index < -0.39 is 21.6 Å². The average Bonchev–Trinajstić information content (AvgIpc) is 3.01. The molecule has 0 atom stereocenters. The summed E-state index contributed by atoms with van der Waals surface area (Å²) in [6, 6.07) is 12.0. The zero-order valence-electron chi connectivity index (χ0n) is 15.0. The monoisotopic (exact) mass is 409 g/mol. The van der Waals surface area contributed by atoms with E-state index in [1.54, 1.807) is 31.3 Å². The topological polar surface area (TPSA) is 54.5 Å². The van der Waals surface area contributed by atoms with Gasteiger partial charge in [0.15, 0.2) is 9.84 Å². The Labute approximate surface area is 161 Å². The molecule has 1 amide bonds. The number of alkyl halides is 3. The molecule has 0 unspecified atom stereocenters. The first kappa shape index (κ1) is 20.1. The van der Waals surface area contributed by atoms with Gasteiger partial charge in [0.2, 0.25) is 0 Å². The summed E-state index contributed by atoms with van der Waals surface area (Å²) >= 11 is 0. The molecule has 2 aromatic carbocycles. The minimum atomic E-state index is -4.37. The van der Waals surface area contributed by atoms with Crippen LogP contribution in [-0.4, -0.2) is 37.8 Å². The van der Waals surface area contributed by atoms with E-state index in [1.807, 2.05) is 0 Å². The summed E-state index contributed by atoms with van der Waals surface area (Å²) in [7, 11) is -1.61. The smallest absolute Gasteiger partial charge is 0.338 e. The number of nitrogens with zero attached hydrogens (tertiary/aromatic N) is 1. The van der Waals surface area contributed by atoms with Crippen LogP contribution in [0.3, 0.4) is 0 Å². The van der Waals surface area contributed by atoms with Gasteiger partial charge >= 0.3 is 6.18 Å². The molecule has 1 aliphatic heterocycles. The lowest BCUT2D eigenvalue weighted by Crippen LogP contribution is -2.28. The van der Waals surface area contributed by atoms with Gasteiger partial charge in [0.1, 0.15) is 0 Å². The molecule has 8 heteroatoms. The van der Waals surface area contributed by atoms with Gasteiger partial charge in [0.05, 0.1) is 17.1 Å². The van der Waals surface area contributed by atoms with Gasteiger partial charge in [-0.15, -0.1) is 0 Å². The number of benzene rings is 2. The lowest BCUT2D eigenvalue weighted by molar-refractivity contribution is -0.137. The first-order valence-electron chi connectivity index (χ1n) is 8.47. The van der Waals surface area contributed by atoms with Gasteiger partial charge < -0.3 is 4.90 Å². The van der Waals surface area contributed by atoms with Crippen LogP contribution in [0.2, 0.25) is 0 Å². The van der Waals surface area contributed by atoms with Gasteiger partial charge in [-0.05, 0) is 28.8 Å². The van der Waals surface area contributed by atoms with Crippen molar-refractivity contribution in [1.82, 2.24) is 4.90 Å². The second-order valence-corrected chi connectivity index (χ2v) is 8.83. The first-order chi connectivity index (χ1) is 13.0. The average molecular weight is 409 g/mol. The number of carbonyl (C=O) groups is 1. The molecule has 0 aromatic heterocycles. The Balaban J connectivity index is 1.67. The molecule has 0 radical (unpaired) electrons. The van der Waals surface area contributed by atoms with Crippen LogP contribution < -0.4 is 0 Å². The molecule has 0 bridgehead atoms. The summed E-state index contributed by atoms with van der Waals surface area (Å²) in [5, 5.41) is 0. The Bertz CT molecular complexity index is 1010. The number of likely N-dealkylation sites (N-methyl/N-ethyl adjacent to an activating group) is 1. The van der Waals surface area contributed by atoms with Crippen molar-refractivity contribution in [2.45, 2.75) is 12.7 Å². The molecule has 148 valence electrons. The van der Waals surface area contributed by atoms with E-state index in [-0.39, 0.29) is 23.0 Å². The van der Waals surface area contributed by atoms with Crippen molar-refractivity contribution in [3.05, 3.63) is 71.3 Å². The lowest BCUT2D eigenvalue weighted by atomic mass is 10.0. The zero-order chi connectivity index (χ0) is 20.5. The standard InChI is InChI=1S/C20H18F3NO3S/c1-24(19(25)17-10-11-28(26,27)13-17)12-14-2-4-15(5-3-14)16-6-8-18(9-7-16)20(21,22)23/h2-10H,11-13H2,1H3. The number of carbonyl (C=O) groups excluding carboxylic acids is 1. The third kappa shape index (κ3) is 4.62. The molecular weight excluding hydrogens is 391 g/mol. The predicted molar refractivity (Wildman–Crippen MR) is 100 cm³/mol. The Morgan fingerprint density at radius 3 is 2.00 bits per heavy atom. The van der Waals surface area contributed by atoms with Gasteiger partial charge in [-0.1, -0.05) is 42.5 Å². The summed E-state index contributed by atoms with van der Waals surface area (Å²) in [4.78, 5) is 13.8. The van der Waals surface area contributed by atoms with Crippen molar-refractivity contribution in [2.24, 2.45) is 0 Å². The molecule has 0 spiro atoms. The maximum Gasteiger partial charge on any atom is 0.416 e. The van der Waals surface area contributed by atoms with Crippen LogP contribution in [0.15, 0.2) is 60.2 Å². The number of rotatable bonds is 4. The third-order valence-electron chi connectivity index (χ3n) is 4.50. The molecule has 0 N–H and O–H groups in total. The fraction of sp³-hybridized carbons (Fsp3) is 0.250. The summed E-state index contributed by atoms with van der Waals surface area (Å²) in [6.45, 7) is 0.295. The van der Waals surface area contributed by atoms with Crippen molar-refractivity contribution < 1.29 is 26.4 Å². The normalized spacial score (nSPS) is 15.9. The van der Waals surface area contributed by atoms with Gasteiger partial charge in [-0.3, -0.25) is 4.79 Å². The molecule has 0 saturated heterocycles. The van der Waals surface area contributed by atoms with Crippen LogP contribution in [0, 0.1) is 0 Å². The van der Waals surface area contributed by atoms with E-state index in [9.17, 15) is 26.4 Å². The van der Waals surface area contributed by atoms with Crippen molar-refractivity contribution >= 4 is 15.7 Å². The molecule has 1 heterocycles. The first-order valence-corrected chi connectivity index (χ1v) is 10.3. The van der Waals surface area contributed by atoms with Crippen molar-refractivity contribution in [1.29, 1.82) is 0 Å². The molecule has 2 aromatic rings. The maximum absolute atomic E-state index is 12.6. The quantitative estimate of drug-likeness (QED) is 0.774. The van der Waals surface area contributed by atoms with Crippen molar-refractivity contribution in [3.63, 3.8) is 0 Å². The van der Waals surface area contributed by atoms with Crippen molar-refractivity contribution in [3.8, 4) is 11.1 Å². The largest absolute Gasteiger partial charge is 0.416 e. The van der Waals surface area contributed by atoms with E-state index in [1.165, 1.54) is 23.1 Å². The SMILES string of the molecule is CN(Cc1ccc(-c2ccc(C(F)(F)F)cc2)cc1)C(=O)C1=CCS(=O)(=O)C1. The molecule has 4 nitrogen and oxygen atoms in total. The fourth-order valence-corrected chi connectivity index (χ4v) is 4.26. The predicted octanol–water partition coefficient (Wildman–Crippen LogP) is 3.69. The highest BCUT2D eigenvalue weighted by molar-refractivity contribution is 7.92. The highest BCUT2D eigenvalue weighted by Gasteiger charge is 2.30. The summed E-state index contributed by atoms with van der Waals surface area (Å²) in [5.41, 5.74) is 1.83. The van der Waals surface area contributed by atoms with Gasteiger partial charge in [-0.2, -0.15) is 13.2 Å². The zero-order valence-corrected chi connectivity index (χ0v) is 15.8. The lowest BCUT2D eigenvalue weighted by Gasteiger charge is -2.18. The molecule has 0 aliphatic carbocycles. The van der Waals surface area contributed by atoms with E-state index in [0.29, 0.717) is 12.1 Å². The Kier molecular flexibility index (Phi) is 5.34.